The molecule has 0 spiro atoms. The van der Waals surface area contributed by atoms with Crippen LogP contribution in [0.3, 0.4) is 0 Å². The molecule has 5 nitrogen and oxygen atoms in total. The second-order valence-electron chi connectivity index (χ2n) is 9.59. The van der Waals surface area contributed by atoms with Gasteiger partial charge in [0.05, 0.1) is 26.8 Å². The largest absolute Gasteiger partial charge is 0.493 e. The summed E-state index contributed by atoms with van der Waals surface area (Å²) in [4.78, 5) is 18.5. The highest BCUT2D eigenvalue weighted by Crippen LogP contribution is 2.46. The molecular weight excluding hydrogens is 456 g/mol. The van der Waals surface area contributed by atoms with Gasteiger partial charge in [-0.1, -0.05) is 18.2 Å². The number of nitrogens with zero attached hydrogens (tertiary/aromatic N) is 1. The minimum Gasteiger partial charge on any atom is -0.493 e. The van der Waals surface area contributed by atoms with Gasteiger partial charge in [-0.2, -0.15) is 0 Å². The van der Waals surface area contributed by atoms with Gasteiger partial charge < -0.3 is 14.8 Å². The van der Waals surface area contributed by atoms with Crippen LogP contribution in [0.5, 0.6) is 11.5 Å². The first kappa shape index (κ1) is 23.9. The van der Waals surface area contributed by atoms with Crippen LogP contribution in [-0.2, 0) is 24.1 Å². The molecule has 2 aliphatic rings. The standard InChI is InChI=1S/C29H34N2O3S/c1-18-8-7-10-23(19(18)2)30-27(32)17-31-15-14-22-21-9-5-6-11-26(21)35-29(22)28(31)20-12-13-24(33-3)25(16-20)34-4/h7-8,10,12-13,16,28H,5-6,9,11,14-15,17H2,1-4H3,(H,30,32). The lowest BCUT2D eigenvalue weighted by atomic mass is 9.88. The molecule has 35 heavy (non-hydrogen) atoms. The summed E-state index contributed by atoms with van der Waals surface area (Å²) >= 11 is 1.96. The van der Waals surface area contributed by atoms with E-state index in [1.807, 2.05) is 29.5 Å². The van der Waals surface area contributed by atoms with E-state index in [4.69, 9.17) is 9.47 Å². The van der Waals surface area contributed by atoms with Gasteiger partial charge in [-0.25, -0.2) is 0 Å². The average Bonchev–Trinajstić information content (AvgIpc) is 3.25. The number of rotatable bonds is 6. The summed E-state index contributed by atoms with van der Waals surface area (Å²) < 4.78 is 11.1. The van der Waals surface area contributed by atoms with Gasteiger partial charge in [-0.05, 0) is 92.0 Å². The van der Waals surface area contributed by atoms with Gasteiger partial charge in [-0.15, -0.1) is 11.3 Å². The second kappa shape index (κ2) is 10.0. The quantitative estimate of drug-likeness (QED) is 0.471. The zero-order chi connectivity index (χ0) is 24.5. The van der Waals surface area contributed by atoms with Crippen LogP contribution in [0.4, 0.5) is 5.69 Å². The summed E-state index contributed by atoms with van der Waals surface area (Å²) in [6.07, 6.45) is 5.92. The van der Waals surface area contributed by atoms with Crippen molar-refractivity contribution in [1.82, 2.24) is 4.90 Å². The van der Waals surface area contributed by atoms with Gasteiger partial charge in [0, 0.05) is 22.0 Å². The average molecular weight is 491 g/mol. The number of aryl methyl sites for hydroxylation is 2. The molecule has 2 heterocycles. The fourth-order valence-corrected chi connectivity index (χ4v) is 7.12. The molecule has 1 N–H and O–H groups in total. The van der Waals surface area contributed by atoms with Crippen LogP contribution in [0.15, 0.2) is 36.4 Å². The van der Waals surface area contributed by atoms with E-state index in [2.05, 4.69) is 42.3 Å². The molecule has 1 aromatic heterocycles. The van der Waals surface area contributed by atoms with Crippen LogP contribution in [0.1, 0.15) is 56.5 Å². The van der Waals surface area contributed by atoms with Crippen molar-refractivity contribution in [3.05, 3.63) is 74.0 Å². The fraction of sp³-hybridized carbons (Fsp3) is 0.414. The third-order valence-electron chi connectivity index (χ3n) is 7.52. The molecule has 1 aliphatic carbocycles. The minimum absolute atomic E-state index is 0.0222. The molecule has 1 unspecified atom stereocenters. The van der Waals surface area contributed by atoms with E-state index < -0.39 is 0 Å². The predicted molar refractivity (Wildman–Crippen MR) is 142 cm³/mol. The van der Waals surface area contributed by atoms with Crippen LogP contribution in [-0.4, -0.2) is 38.1 Å². The number of nitrogens with one attached hydrogen (secondary N) is 1. The number of amides is 1. The Morgan fingerprint density at radius 1 is 1.03 bits per heavy atom. The summed E-state index contributed by atoms with van der Waals surface area (Å²) in [7, 11) is 3.33. The van der Waals surface area contributed by atoms with Crippen molar-refractivity contribution in [3.8, 4) is 11.5 Å². The van der Waals surface area contributed by atoms with Crippen molar-refractivity contribution in [1.29, 1.82) is 0 Å². The molecule has 184 valence electrons. The first-order chi connectivity index (χ1) is 17.0. The molecule has 1 aliphatic heterocycles. The van der Waals surface area contributed by atoms with Gasteiger partial charge in [0.2, 0.25) is 5.91 Å². The molecule has 5 rings (SSSR count). The zero-order valence-corrected chi connectivity index (χ0v) is 21.9. The molecule has 0 fully saturated rings. The Morgan fingerprint density at radius 2 is 1.83 bits per heavy atom. The highest BCUT2D eigenvalue weighted by atomic mass is 32.1. The first-order valence-corrected chi connectivity index (χ1v) is 13.3. The van der Waals surface area contributed by atoms with Gasteiger partial charge in [0.15, 0.2) is 11.5 Å². The Kier molecular flexibility index (Phi) is 6.85. The van der Waals surface area contributed by atoms with E-state index in [-0.39, 0.29) is 11.9 Å². The van der Waals surface area contributed by atoms with Crippen LogP contribution in [0.25, 0.3) is 0 Å². The van der Waals surface area contributed by atoms with E-state index in [1.165, 1.54) is 41.7 Å². The molecular formula is C29H34N2O3S. The van der Waals surface area contributed by atoms with Crippen molar-refractivity contribution in [3.63, 3.8) is 0 Å². The number of carbonyl (C=O) groups is 1. The molecule has 1 atom stereocenters. The number of hydrogen-bond donors (Lipinski definition) is 1. The van der Waals surface area contributed by atoms with E-state index in [9.17, 15) is 4.79 Å². The monoisotopic (exact) mass is 490 g/mol. The van der Waals surface area contributed by atoms with Crippen LogP contribution in [0.2, 0.25) is 0 Å². The van der Waals surface area contributed by atoms with E-state index in [0.29, 0.717) is 6.54 Å². The lowest BCUT2D eigenvalue weighted by Gasteiger charge is -2.36. The first-order valence-electron chi connectivity index (χ1n) is 12.5. The minimum atomic E-state index is 0.0222. The summed E-state index contributed by atoms with van der Waals surface area (Å²) in [6.45, 7) is 5.33. The third-order valence-corrected chi connectivity index (χ3v) is 8.91. The molecule has 0 radical (unpaired) electrons. The Bertz CT molecular complexity index is 1250. The van der Waals surface area contributed by atoms with Gasteiger partial charge in [0.25, 0.3) is 0 Å². The number of benzene rings is 2. The van der Waals surface area contributed by atoms with Crippen molar-refractivity contribution in [2.45, 2.75) is 52.0 Å². The van der Waals surface area contributed by atoms with Gasteiger partial charge in [-0.3, -0.25) is 9.69 Å². The Morgan fingerprint density at radius 3 is 2.63 bits per heavy atom. The Labute approximate surface area is 212 Å². The van der Waals surface area contributed by atoms with Crippen molar-refractivity contribution in [2.24, 2.45) is 0 Å². The normalized spacial score (nSPS) is 17.4. The second-order valence-corrected chi connectivity index (χ2v) is 10.7. The van der Waals surface area contributed by atoms with Gasteiger partial charge in [0.1, 0.15) is 0 Å². The Hall–Kier alpha value is -2.83. The maximum atomic E-state index is 13.3. The number of ether oxygens (including phenoxy) is 2. The van der Waals surface area contributed by atoms with Crippen LogP contribution >= 0.6 is 11.3 Å². The fourth-order valence-electron chi connectivity index (χ4n) is 5.51. The van der Waals surface area contributed by atoms with Crippen LogP contribution in [0, 0.1) is 13.8 Å². The summed E-state index contributed by atoms with van der Waals surface area (Å²) in [6, 6.07) is 12.2. The molecule has 3 aromatic rings. The maximum Gasteiger partial charge on any atom is 0.238 e. The van der Waals surface area contributed by atoms with Crippen LogP contribution < -0.4 is 14.8 Å². The highest BCUT2D eigenvalue weighted by Gasteiger charge is 2.35. The van der Waals surface area contributed by atoms with Crippen molar-refractivity contribution < 1.29 is 14.3 Å². The van der Waals surface area contributed by atoms with Crippen molar-refractivity contribution in [2.75, 3.05) is 32.6 Å². The Balaban J connectivity index is 1.49. The summed E-state index contributed by atoms with van der Waals surface area (Å²) in [5.74, 6) is 1.46. The molecule has 0 saturated carbocycles. The number of carbonyl (C=O) groups excluding carboxylic acids is 1. The smallest absolute Gasteiger partial charge is 0.238 e. The molecule has 0 bridgehead atoms. The summed E-state index contributed by atoms with van der Waals surface area (Å²) in [5.41, 5.74) is 7.43. The SMILES string of the molecule is COc1ccc(C2c3sc4c(c3CCN2CC(=O)Nc2cccc(C)c2C)CCCC4)cc1OC. The lowest BCUT2D eigenvalue weighted by Crippen LogP contribution is -2.40. The number of methoxy groups -OCH3 is 2. The highest BCUT2D eigenvalue weighted by molar-refractivity contribution is 7.12. The maximum absolute atomic E-state index is 13.3. The molecule has 2 aromatic carbocycles. The molecule has 0 saturated heterocycles. The van der Waals surface area contributed by atoms with Gasteiger partial charge >= 0.3 is 0 Å². The topological polar surface area (TPSA) is 50.8 Å². The lowest BCUT2D eigenvalue weighted by molar-refractivity contribution is -0.117. The number of hydrogen-bond acceptors (Lipinski definition) is 5. The molecule has 1 amide bonds. The predicted octanol–water partition coefficient (Wildman–Crippen LogP) is 5.85. The molecule has 6 heteroatoms. The zero-order valence-electron chi connectivity index (χ0n) is 21.1. The number of fused-ring (bicyclic) bond motifs is 3. The van der Waals surface area contributed by atoms with Crippen molar-refractivity contribution >= 4 is 22.9 Å². The number of anilines is 1. The summed E-state index contributed by atoms with van der Waals surface area (Å²) in [5, 5.41) is 3.16. The van der Waals surface area contributed by atoms with E-state index in [1.54, 1.807) is 24.7 Å². The van der Waals surface area contributed by atoms with E-state index >= 15 is 0 Å². The van der Waals surface area contributed by atoms with E-state index in [0.717, 1.165) is 41.3 Å². The number of thiophene rings is 1. The third kappa shape index (κ3) is 4.57.